The van der Waals surface area contributed by atoms with Gasteiger partial charge in [-0.25, -0.2) is 0 Å². The molecule has 0 saturated heterocycles. The Hall–Kier alpha value is -1.91. The van der Waals surface area contributed by atoms with Gasteiger partial charge in [0, 0.05) is 45.4 Å². The molecule has 1 aliphatic rings. The summed E-state index contributed by atoms with van der Waals surface area (Å²) >= 11 is 0. The van der Waals surface area contributed by atoms with Gasteiger partial charge in [0.1, 0.15) is 5.75 Å². The summed E-state index contributed by atoms with van der Waals surface area (Å²) in [5, 5.41) is 16.8. The predicted molar refractivity (Wildman–Crippen MR) is 169 cm³/mol. The predicted octanol–water partition coefficient (Wildman–Crippen LogP) is 4.34. The maximum atomic E-state index is 13.1. The molecular formula is C32H56ClN3O6. The third kappa shape index (κ3) is 12.0. The monoisotopic (exact) mass is 613 g/mol. The Balaban J connectivity index is 0.00000882. The molecule has 1 aromatic rings. The molecule has 1 saturated carbocycles. The zero-order valence-corrected chi connectivity index (χ0v) is 27.3. The van der Waals surface area contributed by atoms with E-state index in [4.69, 9.17) is 19.9 Å². The van der Waals surface area contributed by atoms with Crippen LogP contribution in [0.25, 0.3) is 0 Å². The molecule has 0 aromatic heterocycles. The molecule has 9 nitrogen and oxygen atoms in total. The lowest BCUT2D eigenvalue weighted by Gasteiger charge is -2.38. The normalized spacial score (nSPS) is 19.4. The van der Waals surface area contributed by atoms with Gasteiger partial charge in [-0.3, -0.25) is 9.59 Å². The highest BCUT2D eigenvalue weighted by Crippen LogP contribution is 2.39. The summed E-state index contributed by atoms with van der Waals surface area (Å²) in [4.78, 5) is 26.1. The van der Waals surface area contributed by atoms with Gasteiger partial charge in [0.05, 0.1) is 24.4 Å². The number of aliphatic hydroxyl groups is 1. The van der Waals surface area contributed by atoms with Crippen LogP contribution in [0.1, 0.15) is 83.0 Å². The molecule has 1 aliphatic carbocycles. The molecule has 2 rings (SSSR count). The molecule has 3 unspecified atom stereocenters. The van der Waals surface area contributed by atoms with E-state index in [0.29, 0.717) is 37.5 Å². The van der Waals surface area contributed by atoms with E-state index >= 15 is 0 Å². The van der Waals surface area contributed by atoms with E-state index in [9.17, 15) is 14.7 Å². The fourth-order valence-corrected chi connectivity index (χ4v) is 5.51. The minimum Gasteiger partial charge on any atom is -0.493 e. The van der Waals surface area contributed by atoms with Gasteiger partial charge in [0.2, 0.25) is 5.91 Å². The topological polar surface area (TPSA) is 132 Å². The third-order valence-corrected chi connectivity index (χ3v) is 8.75. The second-order valence-corrected chi connectivity index (χ2v) is 12.4. The molecule has 42 heavy (non-hydrogen) atoms. The summed E-state index contributed by atoms with van der Waals surface area (Å²) in [7, 11) is 3.42. The van der Waals surface area contributed by atoms with Crippen molar-refractivity contribution < 1.29 is 28.9 Å². The number of benzene rings is 1. The van der Waals surface area contributed by atoms with Crippen LogP contribution < -0.4 is 21.1 Å². The second kappa shape index (κ2) is 19.4. The minimum atomic E-state index is -0.886. The van der Waals surface area contributed by atoms with Gasteiger partial charge < -0.3 is 35.7 Å². The van der Waals surface area contributed by atoms with Crippen LogP contribution in [0.4, 0.5) is 0 Å². The minimum absolute atomic E-state index is 0. The number of nitrogens with one attached hydrogen (secondary N) is 2. The van der Waals surface area contributed by atoms with Gasteiger partial charge in [0.15, 0.2) is 0 Å². The molecule has 0 heterocycles. The lowest BCUT2D eigenvalue weighted by atomic mass is 9.70. The Morgan fingerprint density at radius 2 is 1.67 bits per heavy atom. The fraction of sp³-hybridized carbons (Fsp3) is 0.750. The second-order valence-electron chi connectivity index (χ2n) is 12.4. The molecular weight excluding hydrogens is 558 g/mol. The van der Waals surface area contributed by atoms with Crippen molar-refractivity contribution in [1.29, 1.82) is 0 Å². The number of aliphatic hydroxyl groups excluding tert-OH is 1. The highest BCUT2D eigenvalue weighted by Gasteiger charge is 2.39. The Kier molecular flexibility index (Phi) is 17.6. The summed E-state index contributed by atoms with van der Waals surface area (Å²) in [6.45, 7) is 9.83. The molecule has 0 spiro atoms. The number of para-hydroxylation sites is 1. The average molecular weight is 614 g/mol. The first-order valence-corrected chi connectivity index (χ1v) is 15.2. The van der Waals surface area contributed by atoms with E-state index < -0.39 is 17.6 Å². The number of ether oxygens (including phenoxy) is 3. The van der Waals surface area contributed by atoms with Gasteiger partial charge in [0.25, 0.3) is 5.91 Å². The first-order valence-electron chi connectivity index (χ1n) is 15.2. The highest BCUT2D eigenvalue weighted by molar-refractivity contribution is 5.96. The van der Waals surface area contributed by atoms with E-state index in [1.54, 1.807) is 26.4 Å². The van der Waals surface area contributed by atoms with E-state index in [2.05, 4.69) is 24.5 Å². The number of hydrogen-bond acceptors (Lipinski definition) is 7. The van der Waals surface area contributed by atoms with E-state index in [0.717, 1.165) is 38.5 Å². The maximum absolute atomic E-state index is 13.1. The third-order valence-electron chi connectivity index (χ3n) is 8.75. The zero-order chi connectivity index (χ0) is 30.4. The molecule has 2 amide bonds. The lowest BCUT2D eigenvalue weighted by Crippen LogP contribution is -2.49. The number of carbonyl (C=O) groups excluding carboxylic acids is 2. The van der Waals surface area contributed by atoms with Gasteiger partial charge in [-0.1, -0.05) is 39.8 Å². The molecule has 5 N–H and O–H groups in total. The van der Waals surface area contributed by atoms with E-state index in [1.807, 2.05) is 26.0 Å². The molecule has 242 valence electrons. The summed E-state index contributed by atoms with van der Waals surface area (Å²) in [6.07, 6.45) is 5.47. The molecule has 0 radical (unpaired) electrons. The van der Waals surface area contributed by atoms with Crippen molar-refractivity contribution in [1.82, 2.24) is 10.6 Å². The lowest BCUT2D eigenvalue weighted by molar-refractivity contribution is -0.134. The van der Waals surface area contributed by atoms with Crippen LogP contribution in [0.3, 0.4) is 0 Å². The largest absolute Gasteiger partial charge is 0.493 e. The number of unbranched alkanes of at least 4 members (excludes halogenated alkanes) is 1. The summed E-state index contributed by atoms with van der Waals surface area (Å²) < 4.78 is 16.4. The van der Waals surface area contributed by atoms with E-state index in [-0.39, 0.29) is 54.6 Å². The molecule has 0 aliphatic heterocycles. The average Bonchev–Trinajstić information content (AvgIpc) is 2.97. The Labute approximate surface area is 259 Å². The first-order chi connectivity index (χ1) is 19.5. The highest BCUT2D eigenvalue weighted by atomic mass is 35.5. The molecule has 3 atom stereocenters. The number of nitrogens with two attached hydrogens (primary N) is 1. The van der Waals surface area contributed by atoms with Crippen molar-refractivity contribution in [2.45, 2.75) is 90.9 Å². The molecule has 0 bridgehead atoms. The van der Waals surface area contributed by atoms with Crippen LogP contribution in [0, 0.1) is 23.2 Å². The van der Waals surface area contributed by atoms with Crippen LogP contribution in [0.2, 0.25) is 0 Å². The summed E-state index contributed by atoms with van der Waals surface area (Å²) in [6, 6.07) is 6.69. The molecule has 1 fully saturated rings. The summed E-state index contributed by atoms with van der Waals surface area (Å²) in [5.74, 6) is 0.856. The number of rotatable bonds is 18. The van der Waals surface area contributed by atoms with Crippen molar-refractivity contribution >= 4 is 24.2 Å². The van der Waals surface area contributed by atoms with E-state index in [1.165, 1.54) is 0 Å². The van der Waals surface area contributed by atoms with Crippen molar-refractivity contribution in [2.75, 3.05) is 40.5 Å². The Morgan fingerprint density at radius 1 is 1.02 bits per heavy atom. The van der Waals surface area contributed by atoms with Gasteiger partial charge >= 0.3 is 0 Å². The number of halogens is 1. The quantitative estimate of drug-likeness (QED) is 0.181. The number of amides is 2. The number of carbonyl (C=O) groups is 2. The van der Waals surface area contributed by atoms with Crippen molar-refractivity contribution in [2.24, 2.45) is 28.9 Å². The van der Waals surface area contributed by atoms with Crippen LogP contribution in [-0.4, -0.2) is 75.7 Å². The zero-order valence-electron chi connectivity index (χ0n) is 26.5. The van der Waals surface area contributed by atoms with Crippen LogP contribution >= 0.6 is 12.4 Å². The van der Waals surface area contributed by atoms with Crippen LogP contribution in [-0.2, 0) is 14.3 Å². The van der Waals surface area contributed by atoms with Crippen molar-refractivity contribution in [3.63, 3.8) is 0 Å². The Morgan fingerprint density at radius 3 is 2.29 bits per heavy atom. The molecule has 1 aromatic carbocycles. The smallest absolute Gasteiger partial charge is 0.255 e. The fourth-order valence-electron chi connectivity index (χ4n) is 5.51. The standard InChI is InChI=1S/C32H55N3O6.ClH/c1-22(2)23(20-34-30(37)26-11-7-8-12-29(26)41-18-10-9-17-39-5)19-27(33)28(36)21-35-31(38)32(3,4)24-13-15-25(40-6)16-14-24;/h7-8,11-12,22-25,27-28,36H,9-10,13-21,33H2,1-6H3,(H,34,37)(H,35,38);1H/t23?,24-,25+,27?,28?;. The summed E-state index contributed by atoms with van der Waals surface area (Å²) in [5.41, 5.74) is 6.36. The number of hydrogen-bond donors (Lipinski definition) is 4. The number of methoxy groups -OCH3 is 2. The SMILES string of the molecule is COCCCCOc1ccccc1C(=O)NCC(CC(N)C(O)CNC(=O)C(C)(C)[C@H]1CC[C@@H](OC)CC1)C(C)C.Cl. The first kappa shape index (κ1) is 38.1. The van der Waals surface area contributed by atoms with Gasteiger partial charge in [-0.15, -0.1) is 12.4 Å². The van der Waals surface area contributed by atoms with Crippen LogP contribution in [0.5, 0.6) is 5.75 Å². The van der Waals surface area contributed by atoms with Crippen molar-refractivity contribution in [3.8, 4) is 5.75 Å². The van der Waals surface area contributed by atoms with Crippen LogP contribution in [0.15, 0.2) is 24.3 Å². The molecule has 10 heteroatoms. The van der Waals surface area contributed by atoms with Crippen molar-refractivity contribution in [3.05, 3.63) is 29.8 Å². The van der Waals surface area contributed by atoms with Gasteiger partial charge in [-0.2, -0.15) is 0 Å². The maximum Gasteiger partial charge on any atom is 0.255 e. The Bertz CT molecular complexity index is 923. The van der Waals surface area contributed by atoms with Gasteiger partial charge in [-0.05, 0) is 74.8 Å².